The maximum absolute atomic E-state index is 12.3. The molecule has 0 amide bonds. The number of nitrogens with zero attached hydrogens (tertiary/aromatic N) is 1. The molecular weight excluding hydrogens is 396 g/mol. The van der Waals surface area contributed by atoms with Crippen molar-refractivity contribution in [2.45, 2.75) is 23.8 Å². The van der Waals surface area contributed by atoms with Gasteiger partial charge in [-0.2, -0.15) is 0 Å². The second-order valence-corrected chi connectivity index (χ2v) is 8.21. The van der Waals surface area contributed by atoms with E-state index in [1.165, 1.54) is 0 Å². The quantitative estimate of drug-likeness (QED) is 0.828. The third-order valence-corrected chi connectivity index (χ3v) is 6.26. The van der Waals surface area contributed by atoms with Crippen molar-refractivity contribution in [3.05, 3.63) is 27.1 Å². The van der Waals surface area contributed by atoms with Gasteiger partial charge in [-0.3, -0.25) is 0 Å². The Balaban J connectivity index is 2.09. The summed E-state index contributed by atoms with van der Waals surface area (Å²) < 4.78 is 28.6. The molecule has 1 N–H and O–H groups in total. The average Bonchev–Trinajstić information content (AvgIpc) is 2.72. The molecular formula is C12H16Br2N2O2S. The minimum Gasteiger partial charge on any atom is -0.302 e. The molecule has 0 aliphatic carbocycles. The maximum atomic E-state index is 12.3. The molecule has 0 saturated carbocycles. The minimum absolute atomic E-state index is 0.274. The summed E-state index contributed by atoms with van der Waals surface area (Å²) in [5.41, 5.74) is 0. The first-order chi connectivity index (χ1) is 8.90. The first kappa shape index (κ1) is 15.4. The highest BCUT2D eigenvalue weighted by Crippen LogP contribution is 2.25. The molecule has 2 rings (SSSR count). The molecule has 1 heterocycles. The Labute approximate surface area is 130 Å². The van der Waals surface area contributed by atoms with Gasteiger partial charge in [0.05, 0.1) is 4.90 Å². The third-order valence-electron chi connectivity index (χ3n) is 3.36. The van der Waals surface area contributed by atoms with Crippen LogP contribution >= 0.6 is 31.9 Å². The van der Waals surface area contributed by atoms with Crippen molar-refractivity contribution in [3.8, 4) is 0 Å². The average molecular weight is 412 g/mol. The van der Waals surface area contributed by atoms with Crippen molar-refractivity contribution in [3.63, 3.8) is 0 Å². The van der Waals surface area contributed by atoms with Gasteiger partial charge in [-0.15, -0.1) is 0 Å². The van der Waals surface area contributed by atoms with Gasteiger partial charge in [0.2, 0.25) is 10.0 Å². The number of hydrogen-bond donors (Lipinski definition) is 1. The Morgan fingerprint density at radius 2 is 2.16 bits per heavy atom. The zero-order valence-corrected chi connectivity index (χ0v) is 14.6. The van der Waals surface area contributed by atoms with Crippen molar-refractivity contribution in [1.29, 1.82) is 0 Å². The van der Waals surface area contributed by atoms with Gasteiger partial charge in [-0.05, 0) is 60.6 Å². The number of benzene rings is 1. The smallest absolute Gasteiger partial charge is 0.241 e. The van der Waals surface area contributed by atoms with E-state index in [-0.39, 0.29) is 4.90 Å². The molecule has 1 aliphatic rings. The molecule has 1 aromatic carbocycles. The van der Waals surface area contributed by atoms with Gasteiger partial charge in [0, 0.05) is 21.5 Å². The lowest BCUT2D eigenvalue weighted by Crippen LogP contribution is -2.38. The number of likely N-dealkylation sites (tertiary alicyclic amines) is 1. The number of halogens is 2. The zero-order valence-electron chi connectivity index (χ0n) is 10.6. The number of hydrogen-bond acceptors (Lipinski definition) is 3. The van der Waals surface area contributed by atoms with Crippen LogP contribution in [0.25, 0.3) is 0 Å². The van der Waals surface area contributed by atoms with E-state index in [9.17, 15) is 8.42 Å². The van der Waals surface area contributed by atoms with Gasteiger partial charge >= 0.3 is 0 Å². The summed E-state index contributed by atoms with van der Waals surface area (Å²) in [7, 11) is -1.43. The predicted molar refractivity (Wildman–Crippen MR) is 82.7 cm³/mol. The van der Waals surface area contributed by atoms with Crippen LogP contribution in [-0.4, -0.2) is 39.5 Å². The fraction of sp³-hybridized carbons (Fsp3) is 0.500. The Morgan fingerprint density at radius 3 is 2.74 bits per heavy atom. The van der Waals surface area contributed by atoms with E-state index < -0.39 is 10.0 Å². The van der Waals surface area contributed by atoms with E-state index in [1.807, 2.05) is 7.05 Å². The predicted octanol–water partition coefficient (Wildman–Crippen LogP) is 2.58. The lowest BCUT2D eigenvalue weighted by molar-refractivity contribution is 0.311. The van der Waals surface area contributed by atoms with Crippen LogP contribution in [0.4, 0.5) is 0 Å². The molecule has 7 heteroatoms. The van der Waals surface area contributed by atoms with Crippen molar-refractivity contribution in [2.75, 3.05) is 20.1 Å². The summed E-state index contributed by atoms with van der Waals surface area (Å²) in [6.45, 7) is 1.50. The van der Waals surface area contributed by atoms with E-state index in [4.69, 9.17) is 0 Å². The molecule has 106 valence electrons. The van der Waals surface area contributed by atoms with Crippen LogP contribution in [0.3, 0.4) is 0 Å². The minimum atomic E-state index is -3.46. The van der Waals surface area contributed by atoms with Crippen LogP contribution in [0.2, 0.25) is 0 Å². The molecule has 1 unspecified atom stereocenters. The van der Waals surface area contributed by atoms with E-state index >= 15 is 0 Å². The Bertz CT molecular complexity index is 563. The molecule has 0 radical (unpaired) electrons. The maximum Gasteiger partial charge on any atom is 0.241 e. The lowest BCUT2D eigenvalue weighted by Gasteiger charge is -2.19. The molecule has 1 fully saturated rings. The van der Waals surface area contributed by atoms with Crippen molar-refractivity contribution >= 4 is 41.9 Å². The van der Waals surface area contributed by atoms with E-state index in [2.05, 4.69) is 41.5 Å². The largest absolute Gasteiger partial charge is 0.302 e. The third kappa shape index (κ3) is 3.78. The summed E-state index contributed by atoms with van der Waals surface area (Å²) in [6, 6.07) is 5.34. The SMILES string of the molecule is CN1CCCC1CNS(=O)(=O)c1ccc(Br)cc1Br. The van der Waals surface area contributed by atoms with Crippen LogP contribution in [0.15, 0.2) is 32.0 Å². The fourth-order valence-corrected chi connectivity index (χ4v) is 5.03. The number of nitrogens with one attached hydrogen (secondary N) is 1. The molecule has 0 aromatic heterocycles. The molecule has 0 spiro atoms. The van der Waals surface area contributed by atoms with Gasteiger partial charge in [0.15, 0.2) is 0 Å². The Hall–Kier alpha value is 0.0500. The van der Waals surface area contributed by atoms with E-state index in [0.29, 0.717) is 17.1 Å². The van der Waals surface area contributed by atoms with Crippen molar-refractivity contribution < 1.29 is 8.42 Å². The summed E-state index contributed by atoms with van der Waals surface area (Å²) >= 11 is 6.60. The number of likely N-dealkylation sites (N-methyl/N-ethyl adjacent to an activating group) is 1. The number of sulfonamides is 1. The van der Waals surface area contributed by atoms with Gasteiger partial charge in [-0.25, -0.2) is 13.1 Å². The number of rotatable bonds is 4. The van der Waals surface area contributed by atoms with Crippen molar-refractivity contribution in [2.24, 2.45) is 0 Å². The summed E-state index contributed by atoms with van der Waals surface area (Å²) in [4.78, 5) is 2.47. The van der Waals surface area contributed by atoms with Crippen LogP contribution in [-0.2, 0) is 10.0 Å². The first-order valence-corrected chi connectivity index (χ1v) is 9.12. The van der Waals surface area contributed by atoms with Crippen LogP contribution in [0, 0.1) is 0 Å². The van der Waals surface area contributed by atoms with Crippen LogP contribution in [0.1, 0.15) is 12.8 Å². The fourth-order valence-electron chi connectivity index (χ4n) is 2.21. The Morgan fingerprint density at radius 1 is 1.42 bits per heavy atom. The molecule has 19 heavy (non-hydrogen) atoms. The molecule has 1 aromatic rings. The lowest BCUT2D eigenvalue weighted by atomic mass is 10.2. The second-order valence-electron chi connectivity index (χ2n) is 4.70. The van der Waals surface area contributed by atoms with Crippen molar-refractivity contribution in [1.82, 2.24) is 9.62 Å². The first-order valence-electron chi connectivity index (χ1n) is 6.05. The van der Waals surface area contributed by atoms with Gasteiger partial charge in [0.1, 0.15) is 0 Å². The molecule has 4 nitrogen and oxygen atoms in total. The highest BCUT2D eigenvalue weighted by atomic mass is 79.9. The van der Waals surface area contributed by atoms with Crippen LogP contribution < -0.4 is 4.72 Å². The normalized spacial score (nSPS) is 20.9. The highest BCUT2D eigenvalue weighted by molar-refractivity contribution is 9.11. The second kappa shape index (κ2) is 6.22. The standard InChI is InChI=1S/C12H16Br2N2O2S/c1-16-6-2-3-10(16)8-15-19(17,18)12-5-4-9(13)7-11(12)14/h4-5,7,10,15H,2-3,6,8H2,1H3. The highest BCUT2D eigenvalue weighted by Gasteiger charge is 2.24. The molecule has 1 saturated heterocycles. The summed E-state index contributed by atoms with van der Waals surface area (Å²) in [5.74, 6) is 0. The molecule has 0 bridgehead atoms. The van der Waals surface area contributed by atoms with E-state index in [1.54, 1.807) is 18.2 Å². The molecule has 1 atom stereocenters. The molecule has 1 aliphatic heterocycles. The van der Waals surface area contributed by atoms with Gasteiger partial charge in [-0.1, -0.05) is 15.9 Å². The zero-order chi connectivity index (χ0) is 14.0. The topological polar surface area (TPSA) is 49.4 Å². The van der Waals surface area contributed by atoms with E-state index in [0.717, 1.165) is 23.9 Å². The van der Waals surface area contributed by atoms with Crippen LogP contribution in [0.5, 0.6) is 0 Å². The Kier molecular flexibility index (Phi) is 5.05. The van der Waals surface area contributed by atoms with Gasteiger partial charge in [0.25, 0.3) is 0 Å². The summed E-state index contributed by atoms with van der Waals surface area (Å²) in [5, 5.41) is 0. The van der Waals surface area contributed by atoms with Gasteiger partial charge < -0.3 is 4.90 Å². The monoisotopic (exact) mass is 410 g/mol. The summed E-state index contributed by atoms with van der Waals surface area (Å²) in [6.07, 6.45) is 2.17.